The number of hydrogen-bond donors (Lipinski definition) is 4. The maximum absolute atomic E-state index is 12.7. The van der Waals surface area contributed by atoms with E-state index in [4.69, 9.17) is 10.7 Å². The fraction of sp³-hybridized carbons (Fsp3) is 0.0769. The van der Waals surface area contributed by atoms with Crippen molar-refractivity contribution in [1.29, 1.82) is 0 Å². The first-order valence-corrected chi connectivity index (χ1v) is 10.6. The van der Waals surface area contributed by atoms with Gasteiger partial charge in [-0.15, -0.1) is 0 Å². The molecule has 0 aliphatic heterocycles. The fourth-order valence-corrected chi connectivity index (χ4v) is 3.78. The van der Waals surface area contributed by atoms with Gasteiger partial charge in [-0.3, -0.25) is 9.59 Å². The van der Waals surface area contributed by atoms with Gasteiger partial charge in [0.2, 0.25) is 5.91 Å². The van der Waals surface area contributed by atoms with Crippen molar-refractivity contribution in [3.05, 3.63) is 95.1 Å². The van der Waals surface area contributed by atoms with E-state index in [1.807, 2.05) is 30.3 Å². The molecule has 9 nitrogen and oxygen atoms in total. The number of nitrogens with two attached hydrogens (primary N) is 1. The molecule has 176 valence electrons. The summed E-state index contributed by atoms with van der Waals surface area (Å²) < 4.78 is 0. The maximum atomic E-state index is 12.7. The summed E-state index contributed by atoms with van der Waals surface area (Å²) in [7, 11) is 1.48. The average Bonchev–Trinajstić information content (AvgIpc) is 3.17. The summed E-state index contributed by atoms with van der Waals surface area (Å²) in [6.45, 7) is -0.219. The van der Waals surface area contributed by atoms with Crippen molar-refractivity contribution in [1.82, 2.24) is 9.88 Å². The first kappa shape index (κ1) is 23.2. The van der Waals surface area contributed by atoms with Crippen LogP contribution in [0.2, 0.25) is 0 Å². The zero-order valence-corrected chi connectivity index (χ0v) is 18.7. The Labute approximate surface area is 200 Å². The van der Waals surface area contributed by atoms with Crippen LogP contribution in [0.3, 0.4) is 0 Å². The van der Waals surface area contributed by atoms with Crippen molar-refractivity contribution in [3.63, 3.8) is 0 Å². The SMILES string of the molecule is CN(CC(N)=O)C(=O)c1cccc(N=C(c2ccccc2)c2c(O)[nH]c3cc(C(=O)O)ccc23)c1. The number of nitrogens with zero attached hydrogens (tertiary/aromatic N) is 2. The number of carbonyl (C=O) groups is 3. The fourth-order valence-electron chi connectivity index (χ4n) is 3.78. The van der Waals surface area contributed by atoms with Gasteiger partial charge >= 0.3 is 5.97 Å². The van der Waals surface area contributed by atoms with E-state index in [1.165, 1.54) is 24.1 Å². The van der Waals surface area contributed by atoms with Crippen LogP contribution < -0.4 is 5.73 Å². The molecule has 0 unspecified atom stereocenters. The summed E-state index contributed by atoms with van der Waals surface area (Å²) in [5.74, 6) is -2.26. The smallest absolute Gasteiger partial charge is 0.335 e. The molecular formula is C26H22N4O5. The summed E-state index contributed by atoms with van der Waals surface area (Å²) in [5, 5.41) is 20.7. The number of aromatic amines is 1. The van der Waals surface area contributed by atoms with Crippen molar-refractivity contribution < 1.29 is 24.6 Å². The number of hydrogen-bond acceptors (Lipinski definition) is 5. The molecule has 0 atom stereocenters. The van der Waals surface area contributed by atoms with Gasteiger partial charge in [0, 0.05) is 29.1 Å². The molecule has 4 rings (SSSR count). The zero-order valence-electron chi connectivity index (χ0n) is 18.7. The minimum Gasteiger partial charge on any atom is -0.494 e. The summed E-state index contributed by atoms with van der Waals surface area (Å²) in [6.07, 6.45) is 0. The molecule has 2 amide bonds. The molecule has 4 aromatic rings. The number of benzene rings is 3. The predicted octanol–water partition coefficient (Wildman–Crippen LogP) is 3.30. The minimum absolute atomic E-state index is 0.0785. The van der Waals surface area contributed by atoms with Gasteiger partial charge < -0.3 is 25.8 Å². The Balaban J connectivity index is 1.85. The molecule has 0 aliphatic carbocycles. The Morgan fingerprint density at radius 1 is 0.943 bits per heavy atom. The third-order valence-electron chi connectivity index (χ3n) is 5.38. The number of fused-ring (bicyclic) bond motifs is 1. The molecule has 9 heteroatoms. The van der Waals surface area contributed by atoms with Crippen molar-refractivity contribution in [2.24, 2.45) is 10.7 Å². The molecule has 3 aromatic carbocycles. The zero-order chi connectivity index (χ0) is 25.1. The quantitative estimate of drug-likeness (QED) is 0.306. The molecule has 0 saturated heterocycles. The Bertz CT molecular complexity index is 1470. The number of rotatable bonds is 7. The average molecular weight is 470 g/mol. The number of aromatic carboxylic acids is 1. The lowest BCUT2D eigenvalue weighted by Crippen LogP contribution is -2.35. The highest BCUT2D eigenvalue weighted by Gasteiger charge is 2.20. The highest BCUT2D eigenvalue weighted by Crippen LogP contribution is 2.32. The number of carboxylic acids is 1. The Morgan fingerprint density at radius 2 is 1.66 bits per heavy atom. The van der Waals surface area contributed by atoms with E-state index in [0.717, 1.165) is 0 Å². The van der Waals surface area contributed by atoms with Gasteiger partial charge in [0.15, 0.2) is 5.88 Å². The number of H-pyrrole nitrogens is 1. The highest BCUT2D eigenvalue weighted by molar-refractivity contribution is 6.22. The van der Waals surface area contributed by atoms with Crippen LogP contribution >= 0.6 is 0 Å². The summed E-state index contributed by atoms with van der Waals surface area (Å²) >= 11 is 0. The Morgan fingerprint density at radius 3 is 2.34 bits per heavy atom. The number of carbonyl (C=O) groups excluding carboxylic acids is 2. The summed E-state index contributed by atoms with van der Waals surface area (Å²) in [4.78, 5) is 44.1. The topological polar surface area (TPSA) is 149 Å². The molecule has 0 radical (unpaired) electrons. The van der Waals surface area contributed by atoms with Crippen molar-refractivity contribution >= 4 is 40.1 Å². The largest absolute Gasteiger partial charge is 0.494 e. The van der Waals surface area contributed by atoms with E-state index in [-0.39, 0.29) is 18.0 Å². The van der Waals surface area contributed by atoms with E-state index < -0.39 is 17.8 Å². The van der Waals surface area contributed by atoms with E-state index in [9.17, 15) is 24.6 Å². The van der Waals surface area contributed by atoms with Crippen LogP contribution in [0.25, 0.3) is 10.9 Å². The number of amides is 2. The Kier molecular flexibility index (Phi) is 6.32. The number of carboxylic acid groups (broad SMARTS) is 1. The van der Waals surface area contributed by atoms with Gasteiger partial charge in [-0.25, -0.2) is 9.79 Å². The third-order valence-corrected chi connectivity index (χ3v) is 5.38. The molecule has 0 spiro atoms. The van der Waals surface area contributed by atoms with Gasteiger partial charge in [0.1, 0.15) is 0 Å². The molecule has 0 aliphatic rings. The third kappa shape index (κ3) is 4.88. The van der Waals surface area contributed by atoms with Crippen LogP contribution in [0.1, 0.15) is 31.8 Å². The molecular weight excluding hydrogens is 448 g/mol. The lowest BCUT2D eigenvalue weighted by Gasteiger charge is -2.15. The maximum Gasteiger partial charge on any atom is 0.335 e. The lowest BCUT2D eigenvalue weighted by atomic mass is 10.00. The second kappa shape index (κ2) is 9.52. The number of primary amides is 1. The number of nitrogens with one attached hydrogen (secondary N) is 1. The monoisotopic (exact) mass is 470 g/mol. The highest BCUT2D eigenvalue weighted by atomic mass is 16.4. The molecule has 5 N–H and O–H groups in total. The predicted molar refractivity (Wildman–Crippen MR) is 131 cm³/mol. The van der Waals surface area contributed by atoms with Crippen LogP contribution in [0.4, 0.5) is 5.69 Å². The molecule has 35 heavy (non-hydrogen) atoms. The number of aliphatic imine (C=N–C) groups is 1. The van der Waals surface area contributed by atoms with Gasteiger partial charge in [-0.1, -0.05) is 42.5 Å². The van der Waals surface area contributed by atoms with Crippen molar-refractivity contribution in [3.8, 4) is 5.88 Å². The second-order valence-electron chi connectivity index (χ2n) is 7.92. The minimum atomic E-state index is -1.08. The van der Waals surface area contributed by atoms with Crippen LogP contribution in [0.15, 0.2) is 77.8 Å². The van der Waals surface area contributed by atoms with Crippen molar-refractivity contribution in [2.45, 2.75) is 0 Å². The van der Waals surface area contributed by atoms with E-state index >= 15 is 0 Å². The van der Waals surface area contributed by atoms with Crippen LogP contribution in [-0.4, -0.2) is 57.2 Å². The number of likely N-dealkylation sites (N-methyl/N-ethyl adjacent to an activating group) is 1. The van der Waals surface area contributed by atoms with E-state index in [0.29, 0.717) is 39.0 Å². The van der Waals surface area contributed by atoms with Crippen molar-refractivity contribution in [2.75, 3.05) is 13.6 Å². The number of aromatic nitrogens is 1. The molecule has 1 heterocycles. The van der Waals surface area contributed by atoms with Gasteiger partial charge in [-0.05, 0) is 30.3 Å². The van der Waals surface area contributed by atoms with Gasteiger partial charge in [0.25, 0.3) is 5.91 Å². The standard InChI is InChI=1S/C26H22N4O5/c1-30(14-21(27)31)25(33)16-8-5-9-18(12-16)28-23(15-6-3-2-4-7-15)22-19-11-10-17(26(34)35)13-20(19)29-24(22)32/h2-13,29,32H,14H2,1H3,(H2,27,31)(H,34,35). The molecule has 0 bridgehead atoms. The van der Waals surface area contributed by atoms with Gasteiger partial charge in [0.05, 0.1) is 29.1 Å². The number of aromatic hydroxyl groups is 1. The van der Waals surface area contributed by atoms with Crippen LogP contribution in [-0.2, 0) is 4.79 Å². The first-order chi connectivity index (χ1) is 16.7. The first-order valence-electron chi connectivity index (χ1n) is 10.6. The van der Waals surface area contributed by atoms with Gasteiger partial charge in [-0.2, -0.15) is 0 Å². The summed E-state index contributed by atoms with van der Waals surface area (Å²) in [5.41, 5.74) is 8.00. The normalized spacial score (nSPS) is 11.4. The molecule has 0 saturated carbocycles. The van der Waals surface area contributed by atoms with Crippen LogP contribution in [0.5, 0.6) is 5.88 Å². The lowest BCUT2D eigenvalue weighted by molar-refractivity contribution is -0.118. The van der Waals surface area contributed by atoms with E-state index in [2.05, 4.69) is 4.98 Å². The van der Waals surface area contributed by atoms with Crippen LogP contribution in [0, 0.1) is 0 Å². The molecule has 1 aromatic heterocycles. The second-order valence-corrected chi connectivity index (χ2v) is 7.92. The molecule has 0 fully saturated rings. The van der Waals surface area contributed by atoms with E-state index in [1.54, 1.807) is 30.3 Å². The Hall–Kier alpha value is -4.92. The summed E-state index contributed by atoms with van der Waals surface area (Å²) in [6, 6.07) is 20.3.